The highest BCUT2D eigenvalue weighted by Crippen LogP contribution is 2.24. The Morgan fingerprint density at radius 3 is 2.37 bits per heavy atom. The van der Waals surface area contributed by atoms with Crippen LogP contribution in [0.1, 0.15) is 24.8 Å². The van der Waals surface area contributed by atoms with Crippen LogP contribution in [-0.4, -0.2) is 23.5 Å². The number of carboxylic acid groups (broad SMARTS) is 1. The van der Waals surface area contributed by atoms with Crippen molar-refractivity contribution in [2.75, 3.05) is 6.54 Å². The molecule has 0 aliphatic rings. The topological polar surface area (TPSA) is 66.4 Å². The molecule has 1 aromatic rings. The third-order valence-corrected chi connectivity index (χ3v) is 3.25. The molecule has 6 heteroatoms. The van der Waals surface area contributed by atoms with Crippen LogP contribution in [-0.2, 0) is 16.0 Å². The lowest BCUT2D eigenvalue weighted by Gasteiger charge is -2.07. The van der Waals surface area contributed by atoms with Crippen molar-refractivity contribution >= 4 is 35.1 Å². The molecule has 4 nitrogen and oxygen atoms in total. The second-order valence-corrected chi connectivity index (χ2v) is 4.89. The van der Waals surface area contributed by atoms with Gasteiger partial charge in [0.05, 0.1) is 6.42 Å². The number of rotatable bonds is 7. The minimum atomic E-state index is -0.825. The highest BCUT2D eigenvalue weighted by atomic mass is 35.5. The normalized spacial score (nSPS) is 10.2. The van der Waals surface area contributed by atoms with Crippen molar-refractivity contribution in [2.45, 2.75) is 25.7 Å². The molecule has 0 spiro atoms. The molecule has 0 aliphatic carbocycles. The summed E-state index contributed by atoms with van der Waals surface area (Å²) in [6.07, 6.45) is 1.42. The minimum absolute atomic E-state index is 0.117. The van der Waals surface area contributed by atoms with Gasteiger partial charge in [-0.05, 0) is 30.5 Å². The maximum Gasteiger partial charge on any atom is 0.303 e. The third-order valence-electron chi connectivity index (χ3n) is 2.54. The van der Waals surface area contributed by atoms with Gasteiger partial charge in [-0.2, -0.15) is 0 Å². The number of benzene rings is 1. The van der Waals surface area contributed by atoms with Gasteiger partial charge in [0.15, 0.2) is 0 Å². The van der Waals surface area contributed by atoms with E-state index in [1.807, 2.05) is 0 Å². The molecule has 0 bridgehead atoms. The van der Waals surface area contributed by atoms with E-state index < -0.39 is 5.97 Å². The van der Waals surface area contributed by atoms with Crippen molar-refractivity contribution in [3.8, 4) is 0 Å². The second-order valence-electron chi connectivity index (χ2n) is 4.08. The molecule has 0 aliphatic heterocycles. The molecular weight excluding hydrogens is 289 g/mol. The smallest absolute Gasteiger partial charge is 0.303 e. The quantitative estimate of drug-likeness (QED) is 0.761. The van der Waals surface area contributed by atoms with Crippen LogP contribution in [0.4, 0.5) is 0 Å². The Balaban J connectivity index is 2.33. The Hall–Kier alpha value is -1.26. The lowest BCUT2D eigenvalue weighted by Crippen LogP contribution is -2.26. The van der Waals surface area contributed by atoms with Crippen molar-refractivity contribution < 1.29 is 14.7 Å². The molecule has 0 fully saturated rings. The number of carbonyl (C=O) groups excluding carboxylic acids is 1. The van der Waals surface area contributed by atoms with Crippen LogP contribution < -0.4 is 5.32 Å². The summed E-state index contributed by atoms with van der Waals surface area (Å²) in [5.74, 6) is -1.00. The predicted molar refractivity (Wildman–Crippen MR) is 74.7 cm³/mol. The van der Waals surface area contributed by atoms with Crippen LogP contribution in [0.15, 0.2) is 18.2 Å². The summed E-state index contributed by atoms with van der Waals surface area (Å²) in [4.78, 5) is 22.0. The van der Waals surface area contributed by atoms with E-state index >= 15 is 0 Å². The van der Waals surface area contributed by atoms with Crippen LogP contribution in [0.5, 0.6) is 0 Å². The van der Waals surface area contributed by atoms with Crippen molar-refractivity contribution in [1.82, 2.24) is 5.32 Å². The van der Waals surface area contributed by atoms with E-state index in [9.17, 15) is 9.59 Å². The van der Waals surface area contributed by atoms with Crippen LogP contribution in [0, 0.1) is 0 Å². The molecule has 0 aromatic heterocycles. The van der Waals surface area contributed by atoms with Crippen LogP contribution in [0.3, 0.4) is 0 Å². The first-order valence-electron chi connectivity index (χ1n) is 5.92. The molecule has 0 atom stereocenters. The van der Waals surface area contributed by atoms with E-state index in [0.29, 0.717) is 35.0 Å². The summed E-state index contributed by atoms with van der Waals surface area (Å²) in [5, 5.41) is 12.1. The van der Waals surface area contributed by atoms with Gasteiger partial charge in [0.1, 0.15) is 0 Å². The molecule has 0 heterocycles. The number of carbonyl (C=O) groups is 2. The molecule has 0 unspecified atom stereocenters. The van der Waals surface area contributed by atoms with E-state index in [1.54, 1.807) is 18.2 Å². The fourth-order valence-corrected chi connectivity index (χ4v) is 2.08. The number of amides is 1. The second kappa shape index (κ2) is 8.02. The first-order chi connectivity index (χ1) is 9.00. The molecule has 0 saturated heterocycles. The summed E-state index contributed by atoms with van der Waals surface area (Å²) in [6.45, 7) is 0.453. The van der Waals surface area contributed by atoms with E-state index in [0.717, 1.165) is 0 Å². The third kappa shape index (κ3) is 5.94. The molecule has 2 N–H and O–H groups in total. The zero-order chi connectivity index (χ0) is 14.3. The number of unbranched alkanes of at least 4 members (excludes halogenated alkanes) is 1. The fourth-order valence-electron chi connectivity index (χ4n) is 1.55. The Kier molecular flexibility index (Phi) is 6.67. The van der Waals surface area contributed by atoms with E-state index in [1.165, 1.54) is 0 Å². The Labute approximate surface area is 121 Å². The highest BCUT2D eigenvalue weighted by Gasteiger charge is 2.10. The fraction of sp³-hybridized carbons (Fsp3) is 0.385. The molecule has 0 saturated carbocycles. The van der Waals surface area contributed by atoms with Gasteiger partial charge in [0, 0.05) is 23.0 Å². The van der Waals surface area contributed by atoms with Crippen molar-refractivity contribution in [3.63, 3.8) is 0 Å². The van der Waals surface area contributed by atoms with Gasteiger partial charge in [-0.1, -0.05) is 29.3 Å². The van der Waals surface area contributed by atoms with Crippen molar-refractivity contribution in [2.24, 2.45) is 0 Å². The number of halogens is 2. The maximum absolute atomic E-state index is 11.7. The number of aliphatic carboxylic acids is 1. The summed E-state index contributed by atoms with van der Waals surface area (Å²) >= 11 is 11.9. The Morgan fingerprint density at radius 1 is 1.16 bits per heavy atom. The number of hydrogen-bond acceptors (Lipinski definition) is 2. The van der Waals surface area contributed by atoms with Crippen LogP contribution in [0.2, 0.25) is 10.0 Å². The van der Waals surface area contributed by atoms with E-state index in [-0.39, 0.29) is 18.7 Å². The van der Waals surface area contributed by atoms with Gasteiger partial charge < -0.3 is 10.4 Å². The monoisotopic (exact) mass is 303 g/mol. The summed E-state index contributed by atoms with van der Waals surface area (Å²) < 4.78 is 0. The van der Waals surface area contributed by atoms with Gasteiger partial charge >= 0.3 is 5.97 Å². The van der Waals surface area contributed by atoms with Gasteiger partial charge in [-0.25, -0.2) is 0 Å². The molecule has 19 heavy (non-hydrogen) atoms. The SMILES string of the molecule is O=C(O)CCCCNC(=O)Cc1c(Cl)cccc1Cl. The zero-order valence-corrected chi connectivity index (χ0v) is 11.8. The van der Waals surface area contributed by atoms with Crippen molar-refractivity contribution in [1.29, 1.82) is 0 Å². The summed E-state index contributed by atoms with van der Waals surface area (Å²) in [7, 11) is 0. The zero-order valence-electron chi connectivity index (χ0n) is 10.3. The minimum Gasteiger partial charge on any atom is -0.481 e. The number of hydrogen-bond donors (Lipinski definition) is 2. The lowest BCUT2D eigenvalue weighted by molar-refractivity contribution is -0.137. The van der Waals surface area contributed by atoms with Crippen LogP contribution >= 0.6 is 23.2 Å². The van der Waals surface area contributed by atoms with Gasteiger partial charge in [-0.15, -0.1) is 0 Å². The number of nitrogens with one attached hydrogen (secondary N) is 1. The average molecular weight is 304 g/mol. The molecule has 1 rings (SSSR count). The first-order valence-corrected chi connectivity index (χ1v) is 6.67. The number of carboxylic acids is 1. The Bertz CT molecular complexity index is 443. The molecular formula is C13H15Cl2NO3. The van der Waals surface area contributed by atoms with Gasteiger partial charge in [-0.3, -0.25) is 9.59 Å². The maximum atomic E-state index is 11.7. The van der Waals surface area contributed by atoms with Gasteiger partial charge in [0.25, 0.3) is 0 Å². The predicted octanol–water partition coefficient (Wildman–Crippen LogP) is 2.91. The van der Waals surface area contributed by atoms with E-state index in [4.69, 9.17) is 28.3 Å². The standard InChI is InChI=1S/C13H15Cl2NO3/c14-10-4-3-5-11(15)9(10)8-12(17)16-7-2-1-6-13(18)19/h3-5H,1-2,6-8H2,(H,16,17)(H,18,19). The van der Waals surface area contributed by atoms with Crippen molar-refractivity contribution in [3.05, 3.63) is 33.8 Å². The summed E-state index contributed by atoms with van der Waals surface area (Å²) in [6, 6.07) is 5.09. The first kappa shape index (κ1) is 15.8. The molecule has 0 radical (unpaired) electrons. The highest BCUT2D eigenvalue weighted by molar-refractivity contribution is 6.36. The summed E-state index contributed by atoms with van der Waals surface area (Å²) in [5.41, 5.74) is 0.605. The molecule has 1 aromatic carbocycles. The average Bonchev–Trinajstić information content (AvgIpc) is 2.33. The van der Waals surface area contributed by atoms with Crippen LogP contribution in [0.25, 0.3) is 0 Å². The Morgan fingerprint density at radius 2 is 1.79 bits per heavy atom. The lowest BCUT2D eigenvalue weighted by atomic mass is 10.1. The largest absolute Gasteiger partial charge is 0.481 e. The molecule has 1 amide bonds. The van der Waals surface area contributed by atoms with E-state index in [2.05, 4.69) is 5.32 Å². The molecule has 104 valence electrons. The van der Waals surface area contributed by atoms with Gasteiger partial charge in [0.2, 0.25) is 5.91 Å².